The average Bonchev–Trinajstić information content (AvgIpc) is 2.94. The zero-order valence-corrected chi connectivity index (χ0v) is 11.1. The number of nitrogens with one attached hydrogen (secondary N) is 1. The van der Waals surface area contributed by atoms with E-state index < -0.39 is 0 Å². The van der Waals surface area contributed by atoms with E-state index in [1.54, 1.807) is 0 Å². The fraction of sp³-hybridized carbons (Fsp3) is 0.538. The van der Waals surface area contributed by atoms with Gasteiger partial charge in [-0.05, 0) is 42.5 Å². The van der Waals surface area contributed by atoms with Crippen molar-refractivity contribution in [3.63, 3.8) is 0 Å². The van der Waals surface area contributed by atoms with Crippen LogP contribution in [0.2, 0.25) is 10.0 Å². The number of hydrogen-bond donors (Lipinski definition) is 1. The third-order valence-electron chi connectivity index (χ3n) is 3.08. The van der Waals surface area contributed by atoms with Gasteiger partial charge in [-0.25, -0.2) is 0 Å². The Bertz CT molecular complexity index is 356. The van der Waals surface area contributed by atoms with Gasteiger partial charge < -0.3 is 5.32 Å². The minimum Gasteiger partial charge on any atom is -0.314 e. The molecule has 0 heterocycles. The Morgan fingerprint density at radius 2 is 1.94 bits per heavy atom. The van der Waals surface area contributed by atoms with Crippen LogP contribution >= 0.6 is 23.2 Å². The molecule has 1 aromatic carbocycles. The van der Waals surface area contributed by atoms with Crippen LogP contribution in [0.4, 0.5) is 0 Å². The van der Waals surface area contributed by atoms with E-state index in [1.807, 2.05) is 18.2 Å². The zero-order valence-electron chi connectivity index (χ0n) is 9.63. The summed E-state index contributed by atoms with van der Waals surface area (Å²) in [5.74, 6) is 1.24. The summed E-state index contributed by atoms with van der Waals surface area (Å²) in [4.78, 5) is 0. The smallest absolute Gasteiger partial charge is 0.0455 e. The van der Waals surface area contributed by atoms with E-state index in [0.29, 0.717) is 17.9 Å². The molecule has 88 valence electrons. The summed E-state index contributed by atoms with van der Waals surface area (Å²) < 4.78 is 0. The first-order valence-electron chi connectivity index (χ1n) is 5.77. The van der Waals surface area contributed by atoms with Crippen molar-refractivity contribution in [1.82, 2.24) is 5.32 Å². The largest absolute Gasteiger partial charge is 0.314 e. The third-order valence-corrected chi connectivity index (χ3v) is 3.74. The van der Waals surface area contributed by atoms with Crippen LogP contribution in [-0.4, -0.2) is 12.6 Å². The standard InChI is InChI=1S/C13H17Cl2N/c1-8(2)16-7-9-6-10(9)13-11(14)4-3-5-12(13)15/h3-5,8-10,16H,6-7H2,1-2H3. The Hall–Kier alpha value is -0.240. The molecule has 1 nitrogen and oxygen atoms in total. The summed E-state index contributed by atoms with van der Waals surface area (Å²) in [6, 6.07) is 6.29. The molecule has 1 N–H and O–H groups in total. The van der Waals surface area contributed by atoms with Gasteiger partial charge in [0.05, 0.1) is 0 Å². The van der Waals surface area contributed by atoms with Crippen molar-refractivity contribution in [2.45, 2.75) is 32.2 Å². The highest BCUT2D eigenvalue weighted by molar-refractivity contribution is 6.36. The maximum atomic E-state index is 6.19. The van der Waals surface area contributed by atoms with Crippen LogP contribution in [-0.2, 0) is 0 Å². The molecule has 0 radical (unpaired) electrons. The second-order valence-electron chi connectivity index (χ2n) is 4.80. The highest BCUT2D eigenvalue weighted by Crippen LogP contribution is 2.51. The molecular formula is C13H17Cl2N. The van der Waals surface area contributed by atoms with Gasteiger partial charge in [0.15, 0.2) is 0 Å². The summed E-state index contributed by atoms with van der Waals surface area (Å²) in [5.41, 5.74) is 1.14. The Morgan fingerprint density at radius 1 is 1.31 bits per heavy atom. The first-order valence-corrected chi connectivity index (χ1v) is 6.52. The fourth-order valence-corrected chi connectivity index (χ4v) is 2.76. The Labute approximate surface area is 107 Å². The monoisotopic (exact) mass is 257 g/mol. The van der Waals surface area contributed by atoms with Gasteiger partial charge in [-0.2, -0.15) is 0 Å². The molecule has 2 atom stereocenters. The first kappa shape index (κ1) is 12.2. The van der Waals surface area contributed by atoms with Crippen LogP contribution in [0.1, 0.15) is 31.7 Å². The van der Waals surface area contributed by atoms with Gasteiger partial charge in [0.2, 0.25) is 0 Å². The minimum atomic E-state index is 0.544. The molecule has 2 rings (SSSR count). The van der Waals surface area contributed by atoms with Crippen molar-refractivity contribution >= 4 is 23.2 Å². The molecule has 1 aromatic rings. The van der Waals surface area contributed by atoms with Gasteiger partial charge in [-0.3, -0.25) is 0 Å². The summed E-state index contributed by atoms with van der Waals surface area (Å²) in [7, 11) is 0. The van der Waals surface area contributed by atoms with Crippen LogP contribution in [0, 0.1) is 5.92 Å². The fourth-order valence-electron chi connectivity index (χ4n) is 2.08. The van der Waals surface area contributed by atoms with Crippen LogP contribution < -0.4 is 5.32 Å². The number of benzene rings is 1. The quantitative estimate of drug-likeness (QED) is 0.857. The van der Waals surface area contributed by atoms with E-state index in [4.69, 9.17) is 23.2 Å². The lowest BCUT2D eigenvalue weighted by atomic mass is 10.1. The second kappa shape index (κ2) is 4.95. The van der Waals surface area contributed by atoms with Gasteiger partial charge in [0.1, 0.15) is 0 Å². The minimum absolute atomic E-state index is 0.544. The van der Waals surface area contributed by atoms with Crippen molar-refractivity contribution < 1.29 is 0 Å². The molecular weight excluding hydrogens is 241 g/mol. The van der Waals surface area contributed by atoms with Crippen molar-refractivity contribution in [1.29, 1.82) is 0 Å². The molecule has 1 aliphatic carbocycles. The lowest BCUT2D eigenvalue weighted by Crippen LogP contribution is -2.25. The summed E-state index contributed by atoms with van der Waals surface area (Å²) in [5, 5.41) is 5.08. The van der Waals surface area contributed by atoms with Gasteiger partial charge in [-0.15, -0.1) is 0 Å². The molecule has 2 unspecified atom stereocenters. The number of hydrogen-bond acceptors (Lipinski definition) is 1. The normalized spacial score (nSPS) is 23.8. The lowest BCUT2D eigenvalue weighted by molar-refractivity contribution is 0.555. The van der Waals surface area contributed by atoms with Crippen LogP contribution in [0.15, 0.2) is 18.2 Å². The third kappa shape index (κ3) is 2.71. The molecule has 1 fully saturated rings. The molecule has 0 spiro atoms. The van der Waals surface area contributed by atoms with Crippen LogP contribution in [0.5, 0.6) is 0 Å². The predicted octanol–water partition coefficient (Wildman–Crippen LogP) is 4.09. The molecule has 3 heteroatoms. The zero-order chi connectivity index (χ0) is 11.7. The highest BCUT2D eigenvalue weighted by Gasteiger charge is 2.40. The maximum Gasteiger partial charge on any atom is 0.0455 e. The number of halogens is 2. The van der Waals surface area contributed by atoms with E-state index in [-0.39, 0.29) is 0 Å². The molecule has 0 aromatic heterocycles. The second-order valence-corrected chi connectivity index (χ2v) is 5.61. The maximum absolute atomic E-state index is 6.19. The Kier molecular flexibility index (Phi) is 3.78. The highest BCUT2D eigenvalue weighted by atomic mass is 35.5. The van der Waals surface area contributed by atoms with Gasteiger partial charge in [0.25, 0.3) is 0 Å². The molecule has 16 heavy (non-hydrogen) atoms. The first-order chi connectivity index (χ1) is 7.59. The molecule has 0 saturated heterocycles. The van der Waals surface area contributed by atoms with Crippen molar-refractivity contribution in [3.8, 4) is 0 Å². The molecule has 0 bridgehead atoms. The SMILES string of the molecule is CC(C)NCC1CC1c1c(Cl)cccc1Cl. The molecule has 0 aliphatic heterocycles. The van der Waals surface area contributed by atoms with Crippen LogP contribution in [0.25, 0.3) is 0 Å². The number of rotatable bonds is 4. The summed E-state index contributed by atoms with van der Waals surface area (Å²) in [6.45, 7) is 5.39. The van der Waals surface area contributed by atoms with E-state index in [0.717, 1.165) is 22.2 Å². The summed E-state index contributed by atoms with van der Waals surface area (Å²) >= 11 is 12.4. The topological polar surface area (TPSA) is 12.0 Å². The molecule has 0 amide bonds. The van der Waals surface area contributed by atoms with E-state index in [2.05, 4.69) is 19.2 Å². The summed E-state index contributed by atoms with van der Waals surface area (Å²) in [6.07, 6.45) is 1.20. The molecule has 1 aliphatic rings. The van der Waals surface area contributed by atoms with Gasteiger partial charge in [-0.1, -0.05) is 43.1 Å². The molecule has 1 saturated carbocycles. The van der Waals surface area contributed by atoms with E-state index in [9.17, 15) is 0 Å². The van der Waals surface area contributed by atoms with E-state index in [1.165, 1.54) is 6.42 Å². The van der Waals surface area contributed by atoms with Crippen LogP contribution in [0.3, 0.4) is 0 Å². The lowest BCUT2D eigenvalue weighted by Gasteiger charge is -2.09. The van der Waals surface area contributed by atoms with Crippen molar-refractivity contribution in [2.24, 2.45) is 5.92 Å². The average molecular weight is 258 g/mol. The van der Waals surface area contributed by atoms with Crippen molar-refractivity contribution in [3.05, 3.63) is 33.8 Å². The Balaban J connectivity index is 2.00. The Morgan fingerprint density at radius 3 is 2.50 bits per heavy atom. The van der Waals surface area contributed by atoms with Crippen molar-refractivity contribution in [2.75, 3.05) is 6.54 Å². The van der Waals surface area contributed by atoms with Gasteiger partial charge in [0, 0.05) is 16.1 Å². The predicted molar refractivity (Wildman–Crippen MR) is 70.4 cm³/mol. The van der Waals surface area contributed by atoms with Gasteiger partial charge >= 0.3 is 0 Å². The van der Waals surface area contributed by atoms with E-state index >= 15 is 0 Å².